The minimum absolute atomic E-state index is 0.190. The van der Waals surface area contributed by atoms with Crippen molar-refractivity contribution in [2.75, 3.05) is 13.1 Å². The summed E-state index contributed by atoms with van der Waals surface area (Å²) >= 11 is 0. The molecule has 30 heavy (non-hydrogen) atoms. The number of ether oxygens (including phenoxy) is 1. The molecule has 166 valence electrons. The summed E-state index contributed by atoms with van der Waals surface area (Å²) in [6.45, 7) is 9.48. The summed E-state index contributed by atoms with van der Waals surface area (Å²) < 4.78 is 5.37. The van der Waals surface area contributed by atoms with Crippen LogP contribution in [0, 0.1) is 5.92 Å². The maximum atomic E-state index is 12.0. The Hall–Kier alpha value is -2.24. The summed E-state index contributed by atoms with van der Waals surface area (Å²) in [6.07, 6.45) is 4.85. The number of amides is 1. The first-order valence-corrected chi connectivity index (χ1v) is 11.4. The zero-order chi connectivity index (χ0) is 21.6. The van der Waals surface area contributed by atoms with Gasteiger partial charge in [-0.1, -0.05) is 30.3 Å². The van der Waals surface area contributed by atoms with E-state index in [4.69, 9.17) is 9.73 Å². The van der Waals surface area contributed by atoms with Gasteiger partial charge in [-0.05, 0) is 77.2 Å². The van der Waals surface area contributed by atoms with Gasteiger partial charge in [0.2, 0.25) is 0 Å². The average Bonchev–Trinajstić information content (AvgIpc) is 3.47. The van der Waals surface area contributed by atoms with Gasteiger partial charge in [-0.25, -0.2) is 4.79 Å². The second kappa shape index (κ2) is 10.2. The normalized spacial score (nSPS) is 26.6. The van der Waals surface area contributed by atoms with Crippen molar-refractivity contribution in [1.29, 1.82) is 0 Å². The monoisotopic (exact) mass is 414 g/mol. The standard InChI is InChI=1S/C24H38N4O2/c1-5-25-22(26-16-18-15-21(18)17-9-7-6-8-10-17)27-19-11-13-20(14-12-19)28-23(29)30-24(2,3)4/h6-10,18-21H,5,11-16H2,1-4H3,(H,28,29)(H2,25,26,27). The van der Waals surface area contributed by atoms with Crippen LogP contribution in [0.4, 0.5) is 4.79 Å². The molecule has 3 N–H and O–H groups in total. The number of nitrogens with zero attached hydrogens (tertiary/aromatic N) is 1. The lowest BCUT2D eigenvalue weighted by Gasteiger charge is -2.31. The van der Waals surface area contributed by atoms with Gasteiger partial charge in [0.05, 0.1) is 0 Å². The Labute approximate surface area is 181 Å². The number of aliphatic imine (C=N–C) groups is 1. The maximum Gasteiger partial charge on any atom is 0.407 e. The van der Waals surface area contributed by atoms with Crippen molar-refractivity contribution in [3.63, 3.8) is 0 Å². The van der Waals surface area contributed by atoms with Crippen LogP contribution in [0.3, 0.4) is 0 Å². The molecule has 0 saturated heterocycles. The van der Waals surface area contributed by atoms with Crippen LogP contribution >= 0.6 is 0 Å². The quantitative estimate of drug-likeness (QED) is 0.482. The second-order valence-electron chi connectivity index (χ2n) is 9.57. The molecule has 2 fully saturated rings. The molecule has 0 heterocycles. The van der Waals surface area contributed by atoms with Crippen LogP contribution in [-0.2, 0) is 4.74 Å². The molecule has 2 unspecified atom stereocenters. The molecule has 0 aliphatic heterocycles. The van der Waals surface area contributed by atoms with Gasteiger partial charge in [0, 0.05) is 25.2 Å². The van der Waals surface area contributed by atoms with E-state index in [1.54, 1.807) is 0 Å². The Morgan fingerprint density at radius 1 is 1.07 bits per heavy atom. The van der Waals surface area contributed by atoms with E-state index < -0.39 is 5.60 Å². The van der Waals surface area contributed by atoms with E-state index in [9.17, 15) is 4.79 Å². The number of hydrogen-bond donors (Lipinski definition) is 3. The Kier molecular flexibility index (Phi) is 7.62. The summed E-state index contributed by atoms with van der Waals surface area (Å²) in [5.74, 6) is 2.23. The minimum Gasteiger partial charge on any atom is -0.444 e. The zero-order valence-corrected chi connectivity index (χ0v) is 18.9. The van der Waals surface area contributed by atoms with Crippen molar-refractivity contribution in [2.45, 2.75) is 83.4 Å². The molecule has 6 nitrogen and oxygen atoms in total. The summed E-state index contributed by atoms with van der Waals surface area (Å²) in [7, 11) is 0. The fourth-order valence-electron chi connectivity index (χ4n) is 4.14. The van der Waals surface area contributed by atoms with Crippen LogP contribution in [0.5, 0.6) is 0 Å². The first-order chi connectivity index (χ1) is 14.3. The second-order valence-corrected chi connectivity index (χ2v) is 9.57. The van der Waals surface area contributed by atoms with Crippen molar-refractivity contribution in [1.82, 2.24) is 16.0 Å². The van der Waals surface area contributed by atoms with Crippen molar-refractivity contribution < 1.29 is 9.53 Å². The van der Waals surface area contributed by atoms with Gasteiger partial charge in [-0.15, -0.1) is 0 Å². The molecule has 3 rings (SSSR count). The predicted octanol–water partition coefficient (Wildman–Crippen LogP) is 4.18. The van der Waals surface area contributed by atoms with Crippen molar-refractivity contribution in [3.05, 3.63) is 35.9 Å². The summed E-state index contributed by atoms with van der Waals surface area (Å²) in [6, 6.07) is 11.3. The topological polar surface area (TPSA) is 74.8 Å². The number of guanidine groups is 1. The third-order valence-corrected chi connectivity index (χ3v) is 5.77. The molecule has 2 saturated carbocycles. The summed E-state index contributed by atoms with van der Waals surface area (Å²) in [5.41, 5.74) is 0.979. The molecule has 1 aromatic rings. The van der Waals surface area contributed by atoms with Gasteiger partial charge < -0.3 is 20.7 Å². The van der Waals surface area contributed by atoms with Crippen molar-refractivity contribution >= 4 is 12.1 Å². The molecule has 1 amide bonds. The third-order valence-electron chi connectivity index (χ3n) is 5.77. The van der Waals surface area contributed by atoms with E-state index in [2.05, 4.69) is 53.2 Å². The Morgan fingerprint density at radius 2 is 1.70 bits per heavy atom. The number of carbonyl (C=O) groups is 1. The molecular weight excluding hydrogens is 376 g/mol. The highest BCUT2D eigenvalue weighted by Gasteiger charge is 2.37. The highest BCUT2D eigenvalue weighted by atomic mass is 16.6. The van der Waals surface area contributed by atoms with Crippen LogP contribution < -0.4 is 16.0 Å². The molecule has 0 bridgehead atoms. The minimum atomic E-state index is -0.457. The van der Waals surface area contributed by atoms with Gasteiger partial charge in [0.1, 0.15) is 5.60 Å². The number of carbonyl (C=O) groups excluding carboxylic acids is 1. The average molecular weight is 415 g/mol. The van der Waals surface area contributed by atoms with E-state index >= 15 is 0 Å². The highest BCUT2D eigenvalue weighted by Crippen LogP contribution is 2.47. The molecular formula is C24H38N4O2. The number of nitrogens with one attached hydrogen (secondary N) is 3. The van der Waals surface area contributed by atoms with Gasteiger partial charge in [0.25, 0.3) is 0 Å². The highest BCUT2D eigenvalue weighted by molar-refractivity contribution is 5.80. The number of hydrogen-bond acceptors (Lipinski definition) is 3. The van der Waals surface area contributed by atoms with Crippen LogP contribution in [-0.4, -0.2) is 42.8 Å². The lowest BCUT2D eigenvalue weighted by atomic mass is 9.91. The van der Waals surface area contributed by atoms with E-state index in [0.29, 0.717) is 17.9 Å². The fourth-order valence-corrected chi connectivity index (χ4v) is 4.14. The van der Waals surface area contributed by atoms with Gasteiger partial charge in [-0.3, -0.25) is 4.99 Å². The van der Waals surface area contributed by atoms with E-state index in [1.807, 2.05) is 20.8 Å². The van der Waals surface area contributed by atoms with E-state index in [0.717, 1.165) is 44.7 Å². The third kappa shape index (κ3) is 7.22. The zero-order valence-electron chi connectivity index (χ0n) is 18.9. The SMILES string of the molecule is CCNC(=NCC1CC1c1ccccc1)NC1CCC(NC(=O)OC(C)(C)C)CC1. The molecule has 2 aliphatic carbocycles. The number of benzene rings is 1. The molecule has 1 aromatic carbocycles. The lowest BCUT2D eigenvalue weighted by Crippen LogP contribution is -2.48. The predicted molar refractivity (Wildman–Crippen MR) is 122 cm³/mol. The van der Waals surface area contributed by atoms with E-state index in [1.165, 1.54) is 12.0 Å². The maximum absolute atomic E-state index is 12.0. The van der Waals surface area contributed by atoms with Crippen molar-refractivity contribution in [2.24, 2.45) is 10.9 Å². The van der Waals surface area contributed by atoms with Crippen molar-refractivity contribution in [3.8, 4) is 0 Å². The molecule has 6 heteroatoms. The molecule has 0 spiro atoms. The number of rotatable bonds is 6. The smallest absolute Gasteiger partial charge is 0.407 e. The first kappa shape index (κ1) is 22.4. The Morgan fingerprint density at radius 3 is 2.30 bits per heavy atom. The van der Waals surface area contributed by atoms with Crippen LogP contribution in [0.15, 0.2) is 35.3 Å². The van der Waals surface area contributed by atoms with Crippen LogP contribution in [0.25, 0.3) is 0 Å². The number of alkyl carbamates (subject to hydrolysis) is 1. The van der Waals surface area contributed by atoms with Gasteiger partial charge in [-0.2, -0.15) is 0 Å². The van der Waals surface area contributed by atoms with E-state index in [-0.39, 0.29) is 12.1 Å². The fraction of sp³-hybridized carbons (Fsp3) is 0.667. The Balaban J connectivity index is 1.41. The Bertz CT molecular complexity index is 706. The van der Waals surface area contributed by atoms with Gasteiger partial charge in [0.15, 0.2) is 5.96 Å². The first-order valence-electron chi connectivity index (χ1n) is 11.4. The summed E-state index contributed by atoms with van der Waals surface area (Å²) in [5, 5.41) is 10.00. The van der Waals surface area contributed by atoms with Crippen LogP contribution in [0.1, 0.15) is 71.3 Å². The molecule has 2 aliphatic rings. The molecule has 2 atom stereocenters. The molecule has 0 radical (unpaired) electrons. The van der Waals surface area contributed by atoms with Crippen LogP contribution in [0.2, 0.25) is 0 Å². The lowest BCUT2D eigenvalue weighted by molar-refractivity contribution is 0.0490. The molecule has 0 aromatic heterocycles. The largest absolute Gasteiger partial charge is 0.444 e. The van der Waals surface area contributed by atoms with Gasteiger partial charge >= 0.3 is 6.09 Å². The summed E-state index contributed by atoms with van der Waals surface area (Å²) in [4.78, 5) is 16.8.